The van der Waals surface area contributed by atoms with Gasteiger partial charge in [-0.25, -0.2) is 0 Å². The van der Waals surface area contributed by atoms with Gasteiger partial charge in [0.2, 0.25) is 0 Å². The van der Waals surface area contributed by atoms with Crippen molar-refractivity contribution in [3.8, 4) is 0 Å². The summed E-state index contributed by atoms with van der Waals surface area (Å²) in [5.41, 5.74) is 2.80. The molecule has 0 spiro atoms. The average molecular weight is 239 g/mol. The Balaban J connectivity index is 2.77. The Hall–Kier alpha value is -0.490. The van der Waals surface area contributed by atoms with Crippen molar-refractivity contribution in [3.05, 3.63) is 35.4 Å². The van der Waals surface area contributed by atoms with Gasteiger partial charge in [0, 0.05) is 5.88 Å². The molecule has 0 nitrogen and oxygen atoms in total. The van der Waals surface area contributed by atoms with Crippen molar-refractivity contribution in [2.24, 2.45) is 11.8 Å². The molecule has 90 valence electrons. The van der Waals surface area contributed by atoms with Crippen LogP contribution in [0.5, 0.6) is 0 Å². The van der Waals surface area contributed by atoms with Gasteiger partial charge in [0.15, 0.2) is 0 Å². The number of hydrogen-bond donors (Lipinski definition) is 0. The van der Waals surface area contributed by atoms with E-state index in [-0.39, 0.29) is 0 Å². The fourth-order valence-corrected chi connectivity index (χ4v) is 2.56. The fourth-order valence-electron chi connectivity index (χ4n) is 2.02. The van der Waals surface area contributed by atoms with E-state index in [1.807, 2.05) is 0 Å². The van der Waals surface area contributed by atoms with Gasteiger partial charge >= 0.3 is 0 Å². The maximum atomic E-state index is 6.02. The first kappa shape index (κ1) is 13.6. The highest BCUT2D eigenvalue weighted by atomic mass is 35.5. The van der Waals surface area contributed by atoms with Crippen LogP contribution >= 0.6 is 11.6 Å². The standard InChI is InChI=1S/C15H23Cl/c1-11(2)9-13-5-7-14(8-6-13)15(10-16)12(3)4/h5-8,11-12,15H,9-10H2,1-4H3. The van der Waals surface area contributed by atoms with Crippen LogP contribution in [0.3, 0.4) is 0 Å². The van der Waals surface area contributed by atoms with Gasteiger partial charge in [0.25, 0.3) is 0 Å². The molecule has 0 aliphatic carbocycles. The van der Waals surface area contributed by atoms with Crippen LogP contribution in [0, 0.1) is 11.8 Å². The van der Waals surface area contributed by atoms with Crippen molar-refractivity contribution < 1.29 is 0 Å². The molecule has 0 aliphatic heterocycles. The molecule has 0 heterocycles. The molecule has 0 radical (unpaired) electrons. The lowest BCUT2D eigenvalue weighted by atomic mass is 9.89. The Morgan fingerprint density at radius 3 is 1.94 bits per heavy atom. The SMILES string of the molecule is CC(C)Cc1ccc(C(CCl)C(C)C)cc1. The molecule has 0 fully saturated rings. The highest BCUT2D eigenvalue weighted by Gasteiger charge is 2.14. The molecule has 0 amide bonds. The molecule has 0 aliphatic rings. The van der Waals surface area contributed by atoms with Gasteiger partial charge in [0.1, 0.15) is 0 Å². The van der Waals surface area contributed by atoms with E-state index in [4.69, 9.17) is 11.6 Å². The third-order valence-corrected chi connectivity index (χ3v) is 3.36. The van der Waals surface area contributed by atoms with Crippen molar-refractivity contribution >= 4 is 11.6 Å². The molecular weight excluding hydrogens is 216 g/mol. The summed E-state index contributed by atoms with van der Waals surface area (Å²) in [6.07, 6.45) is 1.16. The fraction of sp³-hybridized carbons (Fsp3) is 0.600. The Bertz CT molecular complexity index is 298. The maximum Gasteiger partial charge on any atom is 0.0294 e. The normalized spacial score (nSPS) is 13.4. The predicted octanol–water partition coefficient (Wildman–Crippen LogP) is 4.86. The Morgan fingerprint density at radius 1 is 1.00 bits per heavy atom. The van der Waals surface area contributed by atoms with E-state index >= 15 is 0 Å². The minimum absolute atomic E-state index is 0.481. The van der Waals surface area contributed by atoms with E-state index in [2.05, 4.69) is 52.0 Å². The molecule has 0 bridgehead atoms. The van der Waals surface area contributed by atoms with Crippen molar-refractivity contribution in [1.82, 2.24) is 0 Å². The third kappa shape index (κ3) is 3.83. The molecule has 0 N–H and O–H groups in total. The quantitative estimate of drug-likeness (QED) is 0.643. The van der Waals surface area contributed by atoms with Gasteiger partial charge in [-0.1, -0.05) is 52.0 Å². The van der Waals surface area contributed by atoms with Gasteiger partial charge in [-0.15, -0.1) is 11.6 Å². The lowest BCUT2D eigenvalue weighted by Gasteiger charge is -2.18. The molecule has 1 unspecified atom stereocenters. The second-order valence-electron chi connectivity index (χ2n) is 5.34. The lowest BCUT2D eigenvalue weighted by Crippen LogP contribution is -2.08. The van der Waals surface area contributed by atoms with Gasteiger partial charge in [-0.3, -0.25) is 0 Å². The van der Waals surface area contributed by atoms with Crippen LogP contribution < -0.4 is 0 Å². The van der Waals surface area contributed by atoms with Crippen LogP contribution in [0.1, 0.15) is 44.7 Å². The van der Waals surface area contributed by atoms with E-state index in [1.165, 1.54) is 11.1 Å². The van der Waals surface area contributed by atoms with Gasteiger partial charge < -0.3 is 0 Å². The van der Waals surface area contributed by atoms with E-state index in [0.29, 0.717) is 17.7 Å². The van der Waals surface area contributed by atoms with E-state index in [0.717, 1.165) is 12.3 Å². The highest BCUT2D eigenvalue weighted by Crippen LogP contribution is 2.26. The van der Waals surface area contributed by atoms with Gasteiger partial charge in [0.05, 0.1) is 0 Å². The van der Waals surface area contributed by atoms with Crippen LogP contribution in [0.25, 0.3) is 0 Å². The molecule has 1 heteroatoms. The molecule has 1 atom stereocenters. The number of hydrogen-bond acceptors (Lipinski definition) is 0. The molecule has 1 aromatic carbocycles. The largest absolute Gasteiger partial charge is 0.126 e. The van der Waals surface area contributed by atoms with Gasteiger partial charge in [-0.2, -0.15) is 0 Å². The van der Waals surface area contributed by atoms with E-state index < -0.39 is 0 Å². The summed E-state index contributed by atoms with van der Waals surface area (Å²) < 4.78 is 0. The smallest absolute Gasteiger partial charge is 0.0294 e. The molecule has 0 aromatic heterocycles. The second kappa shape index (κ2) is 6.30. The van der Waals surface area contributed by atoms with Crippen molar-refractivity contribution in [2.75, 3.05) is 5.88 Å². The van der Waals surface area contributed by atoms with Crippen molar-refractivity contribution in [1.29, 1.82) is 0 Å². The minimum atomic E-state index is 0.481. The van der Waals surface area contributed by atoms with Crippen LogP contribution in [0.15, 0.2) is 24.3 Å². The number of benzene rings is 1. The lowest BCUT2D eigenvalue weighted by molar-refractivity contribution is 0.539. The maximum absolute atomic E-state index is 6.02. The summed E-state index contributed by atoms with van der Waals surface area (Å²) in [6.45, 7) is 8.97. The first-order valence-corrected chi connectivity index (χ1v) is 6.72. The summed E-state index contributed by atoms with van der Waals surface area (Å²) >= 11 is 6.02. The van der Waals surface area contributed by atoms with E-state index in [9.17, 15) is 0 Å². The highest BCUT2D eigenvalue weighted by molar-refractivity contribution is 6.18. The topological polar surface area (TPSA) is 0 Å². The molecule has 1 aromatic rings. The molecule has 0 saturated heterocycles. The summed E-state index contributed by atoms with van der Waals surface area (Å²) in [5, 5.41) is 0. The zero-order chi connectivity index (χ0) is 12.1. The minimum Gasteiger partial charge on any atom is -0.126 e. The predicted molar refractivity (Wildman–Crippen MR) is 73.3 cm³/mol. The third-order valence-electron chi connectivity index (χ3n) is 3.02. The van der Waals surface area contributed by atoms with Crippen LogP contribution in [0.4, 0.5) is 0 Å². The van der Waals surface area contributed by atoms with Crippen LogP contribution in [-0.2, 0) is 6.42 Å². The van der Waals surface area contributed by atoms with Crippen LogP contribution in [-0.4, -0.2) is 5.88 Å². The second-order valence-corrected chi connectivity index (χ2v) is 5.65. The molecule has 1 rings (SSSR count). The number of alkyl halides is 1. The monoisotopic (exact) mass is 238 g/mol. The Morgan fingerprint density at radius 2 is 1.56 bits per heavy atom. The molecule has 0 saturated carbocycles. The zero-order valence-corrected chi connectivity index (χ0v) is 11.6. The van der Waals surface area contributed by atoms with Gasteiger partial charge in [-0.05, 0) is 35.3 Å². The summed E-state index contributed by atoms with van der Waals surface area (Å²) in [5.74, 6) is 2.52. The first-order chi connectivity index (χ1) is 7.54. The zero-order valence-electron chi connectivity index (χ0n) is 10.8. The van der Waals surface area contributed by atoms with Crippen LogP contribution in [0.2, 0.25) is 0 Å². The van der Waals surface area contributed by atoms with Crippen molar-refractivity contribution in [2.45, 2.75) is 40.0 Å². The number of rotatable bonds is 5. The number of halogens is 1. The summed E-state index contributed by atoms with van der Waals surface area (Å²) in [4.78, 5) is 0. The van der Waals surface area contributed by atoms with Crippen molar-refractivity contribution in [3.63, 3.8) is 0 Å². The average Bonchev–Trinajstić information content (AvgIpc) is 2.20. The Labute approximate surface area is 105 Å². The Kier molecular flexibility index (Phi) is 5.34. The summed E-state index contributed by atoms with van der Waals surface area (Å²) in [6, 6.07) is 8.98. The first-order valence-electron chi connectivity index (χ1n) is 6.19. The van der Waals surface area contributed by atoms with E-state index in [1.54, 1.807) is 0 Å². The molecule has 16 heavy (non-hydrogen) atoms. The summed E-state index contributed by atoms with van der Waals surface area (Å²) in [7, 11) is 0. The molecular formula is C15H23Cl.